The van der Waals surface area contributed by atoms with Crippen LogP contribution in [0.1, 0.15) is 17.9 Å². The molecule has 6 heteroatoms. The van der Waals surface area contributed by atoms with Gasteiger partial charge in [0.05, 0.1) is 12.2 Å². The number of pyridine rings is 1. The predicted molar refractivity (Wildman–Crippen MR) is 66.5 cm³/mol. The van der Waals surface area contributed by atoms with E-state index in [1.54, 1.807) is 6.20 Å². The van der Waals surface area contributed by atoms with Crippen LogP contribution in [0.4, 0.5) is 4.79 Å². The summed E-state index contributed by atoms with van der Waals surface area (Å²) in [5.74, 6) is 1.08. The number of aromatic nitrogens is 2. The van der Waals surface area contributed by atoms with E-state index in [-0.39, 0.29) is 6.54 Å². The van der Waals surface area contributed by atoms with Gasteiger partial charge in [0, 0.05) is 12.7 Å². The van der Waals surface area contributed by atoms with Gasteiger partial charge in [-0.05, 0) is 25.0 Å². The van der Waals surface area contributed by atoms with Crippen LogP contribution < -0.4 is 0 Å². The van der Waals surface area contributed by atoms with E-state index in [9.17, 15) is 4.79 Å². The molecule has 0 bridgehead atoms. The van der Waals surface area contributed by atoms with Crippen LogP contribution >= 0.6 is 0 Å². The largest absolute Gasteiger partial charge is 0.465 e. The highest BCUT2D eigenvalue weighted by molar-refractivity contribution is 5.65. The van der Waals surface area contributed by atoms with E-state index in [1.165, 1.54) is 4.90 Å². The predicted octanol–water partition coefficient (Wildman–Crippen LogP) is 2.16. The van der Waals surface area contributed by atoms with E-state index < -0.39 is 6.09 Å². The number of oxazole rings is 1. The van der Waals surface area contributed by atoms with Gasteiger partial charge >= 0.3 is 6.09 Å². The molecule has 98 valence electrons. The lowest BCUT2D eigenvalue weighted by Crippen LogP contribution is -2.28. The van der Waals surface area contributed by atoms with Crippen LogP contribution in [-0.4, -0.2) is 32.6 Å². The van der Waals surface area contributed by atoms with Crippen molar-refractivity contribution in [2.75, 3.05) is 6.54 Å². The van der Waals surface area contributed by atoms with Crippen molar-refractivity contribution >= 4 is 6.09 Å². The second kappa shape index (κ2) is 4.72. The molecular weight excluding hydrogens is 246 g/mol. The number of amides is 1. The van der Waals surface area contributed by atoms with Crippen molar-refractivity contribution in [1.82, 2.24) is 14.9 Å². The van der Waals surface area contributed by atoms with E-state index in [1.807, 2.05) is 18.2 Å². The fourth-order valence-electron chi connectivity index (χ4n) is 2.15. The molecule has 2 aromatic heterocycles. The van der Waals surface area contributed by atoms with Crippen molar-refractivity contribution < 1.29 is 14.3 Å². The van der Waals surface area contributed by atoms with Crippen molar-refractivity contribution in [2.45, 2.75) is 19.4 Å². The maximum atomic E-state index is 11.0. The Hall–Kier alpha value is -2.37. The van der Waals surface area contributed by atoms with Gasteiger partial charge in [-0.15, -0.1) is 0 Å². The van der Waals surface area contributed by atoms with E-state index in [2.05, 4.69) is 9.97 Å². The molecule has 6 nitrogen and oxygen atoms in total. The Balaban J connectivity index is 1.93. The number of rotatable bonds is 1. The molecule has 3 rings (SSSR count). The third-order valence-corrected chi connectivity index (χ3v) is 3.11. The van der Waals surface area contributed by atoms with Crippen LogP contribution in [0, 0.1) is 0 Å². The minimum atomic E-state index is -0.927. The Morgan fingerprint density at radius 2 is 2.32 bits per heavy atom. The van der Waals surface area contributed by atoms with E-state index in [4.69, 9.17) is 9.52 Å². The monoisotopic (exact) mass is 259 g/mol. The molecule has 0 saturated heterocycles. The van der Waals surface area contributed by atoms with Crippen LogP contribution in [-0.2, 0) is 13.0 Å². The molecule has 0 radical (unpaired) electrons. The topological polar surface area (TPSA) is 79.5 Å². The average Bonchev–Trinajstić information content (AvgIpc) is 2.71. The Bertz CT molecular complexity index is 594. The second-order valence-electron chi connectivity index (χ2n) is 4.41. The van der Waals surface area contributed by atoms with Crippen LogP contribution in [0.25, 0.3) is 11.6 Å². The fraction of sp³-hybridized carbons (Fsp3) is 0.308. The number of carbonyl (C=O) groups is 1. The molecule has 0 unspecified atom stereocenters. The third kappa shape index (κ3) is 2.29. The van der Waals surface area contributed by atoms with Gasteiger partial charge < -0.3 is 14.4 Å². The van der Waals surface area contributed by atoms with E-state index in [0.717, 1.165) is 18.5 Å². The quantitative estimate of drug-likeness (QED) is 0.848. The molecule has 0 aliphatic carbocycles. The lowest BCUT2D eigenvalue weighted by Gasteiger charge is -2.14. The zero-order valence-electron chi connectivity index (χ0n) is 10.2. The van der Waals surface area contributed by atoms with Gasteiger partial charge in [0.15, 0.2) is 0 Å². The first kappa shape index (κ1) is 11.7. The number of aryl methyl sites for hydroxylation is 1. The smallest absolute Gasteiger partial charge is 0.407 e. The van der Waals surface area contributed by atoms with Crippen molar-refractivity contribution in [3.8, 4) is 11.6 Å². The molecule has 0 saturated carbocycles. The molecule has 0 aromatic carbocycles. The summed E-state index contributed by atoms with van der Waals surface area (Å²) in [4.78, 5) is 21.0. The molecule has 1 amide bonds. The molecule has 2 aromatic rings. The second-order valence-corrected chi connectivity index (χ2v) is 4.41. The first-order valence-electron chi connectivity index (χ1n) is 6.12. The van der Waals surface area contributed by atoms with Gasteiger partial charge in [-0.25, -0.2) is 9.78 Å². The zero-order chi connectivity index (χ0) is 13.2. The van der Waals surface area contributed by atoms with Crippen LogP contribution in [0.2, 0.25) is 0 Å². The van der Waals surface area contributed by atoms with Crippen molar-refractivity contribution in [1.29, 1.82) is 0 Å². The van der Waals surface area contributed by atoms with E-state index >= 15 is 0 Å². The number of hydrogen-bond acceptors (Lipinski definition) is 4. The minimum absolute atomic E-state index is 0.254. The highest BCUT2D eigenvalue weighted by Crippen LogP contribution is 2.24. The summed E-state index contributed by atoms with van der Waals surface area (Å²) in [6.45, 7) is 0.768. The zero-order valence-corrected chi connectivity index (χ0v) is 10.2. The van der Waals surface area contributed by atoms with Crippen LogP contribution in [0.5, 0.6) is 0 Å². The molecule has 1 aliphatic heterocycles. The summed E-state index contributed by atoms with van der Waals surface area (Å²) in [5.41, 5.74) is 1.50. The summed E-state index contributed by atoms with van der Waals surface area (Å²) in [7, 11) is 0. The molecule has 3 heterocycles. The molecule has 1 N–H and O–H groups in total. The van der Waals surface area contributed by atoms with Crippen molar-refractivity contribution in [3.63, 3.8) is 0 Å². The Kier molecular flexibility index (Phi) is 2.91. The lowest BCUT2D eigenvalue weighted by molar-refractivity contribution is 0.140. The first-order valence-corrected chi connectivity index (χ1v) is 6.12. The summed E-state index contributed by atoms with van der Waals surface area (Å²) >= 11 is 0. The van der Waals surface area contributed by atoms with Gasteiger partial charge in [-0.3, -0.25) is 4.98 Å². The first-order chi connectivity index (χ1) is 9.24. The molecule has 0 atom stereocenters. The highest BCUT2D eigenvalue weighted by Gasteiger charge is 2.23. The molecule has 0 spiro atoms. The number of fused-ring (bicyclic) bond motifs is 1. The number of hydrogen-bond donors (Lipinski definition) is 1. The summed E-state index contributed by atoms with van der Waals surface area (Å²) in [5, 5.41) is 9.06. The van der Waals surface area contributed by atoms with Gasteiger partial charge in [0.2, 0.25) is 5.89 Å². The highest BCUT2D eigenvalue weighted by atomic mass is 16.4. The van der Waals surface area contributed by atoms with E-state index in [0.29, 0.717) is 23.9 Å². The minimum Gasteiger partial charge on any atom is -0.465 e. The van der Waals surface area contributed by atoms with Gasteiger partial charge in [-0.1, -0.05) is 6.07 Å². The third-order valence-electron chi connectivity index (χ3n) is 3.11. The van der Waals surface area contributed by atoms with Gasteiger partial charge in [-0.2, -0.15) is 0 Å². The Morgan fingerprint density at radius 1 is 1.42 bits per heavy atom. The SMILES string of the molecule is O=C(O)N1CCCc2nc(-c3ccccn3)oc2C1. The molecular formula is C13H13N3O3. The summed E-state index contributed by atoms with van der Waals surface area (Å²) in [6, 6.07) is 5.50. The molecule has 0 fully saturated rings. The molecule has 1 aliphatic rings. The molecule has 19 heavy (non-hydrogen) atoms. The Labute approximate surface area is 109 Å². The maximum Gasteiger partial charge on any atom is 0.407 e. The van der Waals surface area contributed by atoms with Gasteiger partial charge in [0.1, 0.15) is 11.5 Å². The van der Waals surface area contributed by atoms with Crippen LogP contribution in [0.15, 0.2) is 28.8 Å². The Morgan fingerprint density at radius 3 is 3.05 bits per heavy atom. The van der Waals surface area contributed by atoms with Crippen LogP contribution in [0.3, 0.4) is 0 Å². The number of carboxylic acid groups (broad SMARTS) is 1. The fourth-order valence-corrected chi connectivity index (χ4v) is 2.15. The van der Waals surface area contributed by atoms with Crippen molar-refractivity contribution in [2.24, 2.45) is 0 Å². The number of nitrogens with zero attached hydrogens (tertiary/aromatic N) is 3. The lowest BCUT2D eigenvalue weighted by atomic mass is 10.2. The average molecular weight is 259 g/mol. The standard InChI is InChI=1S/C13H13N3O3/c17-13(18)16-7-3-5-9-11(8-16)19-12(15-9)10-4-1-2-6-14-10/h1-2,4,6H,3,5,7-8H2,(H,17,18). The normalized spacial score (nSPS) is 14.8. The van der Waals surface area contributed by atoms with Gasteiger partial charge in [0.25, 0.3) is 0 Å². The van der Waals surface area contributed by atoms with Crippen molar-refractivity contribution in [3.05, 3.63) is 35.9 Å². The summed E-state index contributed by atoms with van der Waals surface area (Å²) < 4.78 is 5.67. The summed E-state index contributed by atoms with van der Waals surface area (Å²) in [6.07, 6.45) is 2.24. The maximum absolute atomic E-state index is 11.0.